The highest BCUT2D eigenvalue weighted by atomic mass is 32.2. The van der Waals surface area contributed by atoms with Gasteiger partial charge in [-0.3, -0.25) is 0 Å². The number of anilines is 1. The number of hydrogen-bond donors (Lipinski definition) is 2. The number of aliphatic hydroxyl groups excluding tert-OH is 1. The third kappa shape index (κ3) is 3.79. The van der Waals surface area contributed by atoms with Crippen LogP contribution in [-0.4, -0.2) is 10.9 Å². The molecule has 1 unspecified atom stereocenters. The van der Waals surface area contributed by atoms with Crippen molar-refractivity contribution in [1.82, 2.24) is 0 Å². The Kier molecular flexibility index (Phi) is 4.67. The molecule has 2 rings (SSSR count). The zero-order chi connectivity index (χ0) is 12.8. The van der Waals surface area contributed by atoms with Gasteiger partial charge in [-0.25, -0.2) is 0 Å². The molecule has 0 aliphatic carbocycles. The average molecular weight is 259 g/mol. The standard InChI is InChI=1S/C15H17NOS/c16-14-8-6-13(7-9-14)15(17)11-18-10-12-4-2-1-3-5-12/h1-9,15,17H,10-11,16H2. The van der Waals surface area contributed by atoms with Crippen LogP contribution < -0.4 is 5.73 Å². The first-order chi connectivity index (χ1) is 8.75. The maximum absolute atomic E-state index is 10.0. The molecule has 0 saturated carbocycles. The third-order valence-electron chi connectivity index (χ3n) is 2.71. The molecule has 0 radical (unpaired) electrons. The van der Waals surface area contributed by atoms with Gasteiger partial charge in [0.1, 0.15) is 0 Å². The second kappa shape index (κ2) is 6.47. The largest absolute Gasteiger partial charge is 0.399 e. The van der Waals surface area contributed by atoms with E-state index in [9.17, 15) is 5.11 Å². The van der Waals surface area contributed by atoms with Crippen LogP contribution in [0.5, 0.6) is 0 Å². The van der Waals surface area contributed by atoms with Gasteiger partial charge in [0.05, 0.1) is 6.10 Å². The minimum Gasteiger partial charge on any atom is -0.399 e. The van der Waals surface area contributed by atoms with Crippen molar-refractivity contribution < 1.29 is 5.11 Å². The van der Waals surface area contributed by atoms with E-state index in [1.165, 1.54) is 5.56 Å². The normalized spacial score (nSPS) is 12.3. The van der Waals surface area contributed by atoms with Crippen LogP contribution in [0, 0.1) is 0 Å². The van der Waals surface area contributed by atoms with Crippen LogP contribution in [-0.2, 0) is 5.75 Å². The predicted molar refractivity (Wildman–Crippen MR) is 78.4 cm³/mol. The Morgan fingerprint density at radius 2 is 1.67 bits per heavy atom. The Bertz CT molecular complexity index is 470. The van der Waals surface area contributed by atoms with Crippen molar-refractivity contribution in [2.45, 2.75) is 11.9 Å². The van der Waals surface area contributed by atoms with Gasteiger partial charge in [-0.1, -0.05) is 42.5 Å². The number of aliphatic hydroxyl groups is 1. The molecule has 0 heterocycles. The first kappa shape index (κ1) is 13.0. The summed E-state index contributed by atoms with van der Waals surface area (Å²) in [5.41, 5.74) is 8.55. The number of nitrogens with two attached hydrogens (primary N) is 1. The van der Waals surface area contributed by atoms with Crippen molar-refractivity contribution in [2.24, 2.45) is 0 Å². The Labute approximate surface area is 112 Å². The highest BCUT2D eigenvalue weighted by Crippen LogP contribution is 2.21. The van der Waals surface area contributed by atoms with E-state index in [0.717, 1.165) is 17.0 Å². The van der Waals surface area contributed by atoms with Crippen LogP contribution in [0.25, 0.3) is 0 Å². The maximum atomic E-state index is 10.0. The van der Waals surface area contributed by atoms with E-state index in [1.54, 1.807) is 11.8 Å². The van der Waals surface area contributed by atoms with E-state index in [4.69, 9.17) is 5.73 Å². The van der Waals surface area contributed by atoms with Gasteiger partial charge >= 0.3 is 0 Å². The molecule has 2 aromatic rings. The predicted octanol–water partition coefficient (Wildman–Crippen LogP) is 3.24. The smallest absolute Gasteiger partial charge is 0.0880 e. The molecule has 0 amide bonds. The Morgan fingerprint density at radius 1 is 1.00 bits per heavy atom. The van der Waals surface area contributed by atoms with Gasteiger partial charge in [0.2, 0.25) is 0 Å². The molecule has 1 atom stereocenters. The van der Waals surface area contributed by atoms with Crippen molar-refractivity contribution in [3.63, 3.8) is 0 Å². The van der Waals surface area contributed by atoms with E-state index in [2.05, 4.69) is 12.1 Å². The topological polar surface area (TPSA) is 46.2 Å². The minimum absolute atomic E-state index is 0.431. The molecule has 3 heteroatoms. The third-order valence-corrected chi connectivity index (χ3v) is 3.80. The van der Waals surface area contributed by atoms with E-state index in [-0.39, 0.29) is 0 Å². The summed E-state index contributed by atoms with van der Waals surface area (Å²) in [4.78, 5) is 0. The first-order valence-electron chi connectivity index (χ1n) is 5.91. The quantitative estimate of drug-likeness (QED) is 0.810. The van der Waals surface area contributed by atoms with Gasteiger partial charge < -0.3 is 10.8 Å². The van der Waals surface area contributed by atoms with Crippen LogP contribution in [0.1, 0.15) is 17.2 Å². The molecule has 0 spiro atoms. The molecule has 2 aromatic carbocycles. The molecular formula is C15H17NOS. The van der Waals surface area contributed by atoms with Gasteiger partial charge in [0, 0.05) is 17.2 Å². The number of nitrogen functional groups attached to an aromatic ring is 1. The molecular weight excluding hydrogens is 242 g/mol. The molecule has 0 fully saturated rings. The van der Waals surface area contributed by atoms with Gasteiger partial charge in [-0.05, 0) is 23.3 Å². The van der Waals surface area contributed by atoms with Crippen molar-refractivity contribution >= 4 is 17.4 Å². The summed E-state index contributed by atoms with van der Waals surface area (Å²) in [6, 6.07) is 17.7. The number of benzene rings is 2. The van der Waals surface area contributed by atoms with Gasteiger partial charge in [0.15, 0.2) is 0 Å². The van der Waals surface area contributed by atoms with Crippen molar-refractivity contribution in [3.8, 4) is 0 Å². The van der Waals surface area contributed by atoms with Crippen LogP contribution in [0.15, 0.2) is 54.6 Å². The van der Waals surface area contributed by atoms with Crippen LogP contribution in [0.4, 0.5) is 5.69 Å². The minimum atomic E-state index is -0.431. The number of hydrogen-bond acceptors (Lipinski definition) is 3. The van der Waals surface area contributed by atoms with E-state index in [0.29, 0.717) is 5.75 Å². The molecule has 0 bridgehead atoms. The summed E-state index contributed by atoms with van der Waals surface area (Å²) in [7, 11) is 0. The average Bonchev–Trinajstić information content (AvgIpc) is 2.40. The second-order valence-electron chi connectivity index (χ2n) is 4.18. The summed E-state index contributed by atoms with van der Waals surface area (Å²) in [6.45, 7) is 0. The van der Waals surface area contributed by atoms with Crippen LogP contribution >= 0.6 is 11.8 Å². The zero-order valence-corrected chi connectivity index (χ0v) is 10.9. The molecule has 0 aromatic heterocycles. The highest BCUT2D eigenvalue weighted by Gasteiger charge is 2.07. The van der Waals surface area contributed by atoms with Crippen molar-refractivity contribution in [1.29, 1.82) is 0 Å². The molecule has 3 N–H and O–H groups in total. The lowest BCUT2D eigenvalue weighted by Crippen LogP contribution is -2.01. The number of thioether (sulfide) groups is 1. The number of rotatable bonds is 5. The fourth-order valence-electron chi connectivity index (χ4n) is 1.68. The monoisotopic (exact) mass is 259 g/mol. The van der Waals surface area contributed by atoms with Crippen molar-refractivity contribution in [3.05, 3.63) is 65.7 Å². The second-order valence-corrected chi connectivity index (χ2v) is 5.21. The van der Waals surface area contributed by atoms with Crippen LogP contribution in [0.2, 0.25) is 0 Å². The van der Waals surface area contributed by atoms with E-state index < -0.39 is 6.10 Å². The molecule has 18 heavy (non-hydrogen) atoms. The lowest BCUT2D eigenvalue weighted by atomic mass is 10.1. The summed E-state index contributed by atoms with van der Waals surface area (Å²) >= 11 is 1.73. The lowest BCUT2D eigenvalue weighted by molar-refractivity contribution is 0.204. The van der Waals surface area contributed by atoms with Crippen LogP contribution in [0.3, 0.4) is 0 Å². The van der Waals surface area contributed by atoms with Gasteiger partial charge in [-0.2, -0.15) is 11.8 Å². The Balaban J connectivity index is 1.81. The van der Waals surface area contributed by atoms with Gasteiger partial charge in [-0.15, -0.1) is 0 Å². The van der Waals surface area contributed by atoms with Crippen molar-refractivity contribution in [2.75, 3.05) is 11.5 Å². The summed E-state index contributed by atoms with van der Waals surface area (Å²) in [5, 5.41) is 10.0. The zero-order valence-electron chi connectivity index (χ0n) is 10.1. The SMILES string of the molecule is Nc1ccc(C(O)CSCc2ccccc2)cc1. The molecule has 2 nitrogen and oxygen atoms in total. The fourth-order valence-corrected chi connectivity index (χ4v) is 2.64. The maximum Gasteiger partial charge on any atom is 0.0880 e. The fraction of sp³-hybridized carbons (Fsp3) is 0.200. The highest BCUT2D eigenvalue weighted by molar-refractivity contribution is 7.98. The van der Waals surface area contributed by atoms with E-state index in [1.807, 2.05) is 42.5 Å². The lowest BCUT2D eigenvalue weighted by Gasteiger charge is -2.10. The molecule has 94 valence electrons. The summed E-state index contributed by atoms with van der Waals surface area (Å²) in [6.07, 6.45) is -0.431. The Hall–Kier alpha value is -1.45. The molecule has 0 aliphatic rings. The Morgan fingerprint density at radius 3 is 2.33 bits per heavy atom. The molecule has 0 aliphatic heterocycles. The van der Waals surface area contributed by atoms with E-state index >= 15 is 0 Å². The summed E-state index contributed by atoms with van der Waals surface area (Å²) in [5.74, 6) is 1.62. The molecule has 0 saturated heterocycles. The summed E-state index contributed by atoms with van der Waals surface area (Å²) < 4.78 is 0. The van der Waals surface area contributed by atoms with Gasteiger partial charge in [0.25, 0.3) is 0 Å². The first-order valence-corrected chi connectivity index (χ1v) is 7.06.